The number of hydrogen-bond acceptors (Lipinski definition) is 4. The van der Waals surface area contributed by atoms with E-state index in [1.807, 2.05) is 24.3 Å². The summed E-state index contributed by atoms with van der Waals surface area (Å²) in [5.74, 6) is -0.392. The number of halogens is 1. The quantitative estimate of drug-likeness (QED) is 0.529. The Bertz CT molecular complexity index is 588. The number of carbonyl (C=O) groups excluding carboxylic acids is 2. The molecule has 0 bridgehead atoms. The zero-order chi connectivity index (χ0) is 18.4. The number of amides is 1. The maximum Gasteiger partial charge on any atom is 0.408 e. The predicted octanol–water partition coefficient (Wildman–Crippen LogP) is 4.21. The summed E-state index contributed by atoms with van der Waals surface area (Å²) in [6, 6.07) is 7.10. The van der Waals surface area contributed by atoms with E-state index in [2.05, 4.69) is 27.9 Å². The predicted molar refractivity (Wildman–Crippen MR) is 104 cm³/mol. The molecule has 0 saturated heterocycles. The van der Waals surface area contributed by atoms with Crippen LogP contribution < -0.4 is 5.32 Å². The fourth-order valence-electron chi connectivity index (χ4n) is 2.75. The first-order valence-corrected chi connectivity index (χ1v) is 9.75. The number of esters is 1. The molecule has 0 radical (unpaired) electrons. The molecule has 1 atom stereocenters. The Kier molecular flexibility index (Phi) is 7.10. The molecule has 1 unspecified atom stereocenters. The van der Waals surface area contributed by atoms with Crippen molar-refractivity contribution in [2.24, 2.45) is 0 Å². The summed E-state index contributed by atoms with van der Waals surface area (Å²) in [5.41, 5.74) is 0.345. The summed E-state index contributed by atoms with van der Waals surface area (Å²) >= 11 is 2.23. The van der Waals surface area contributed by atoms with E-state index in [9.17, 15) is 9.59 Å². The van der Waals surface area contributed by atoms with Crippen molar-refractivity contribution < 1.29 is 19.1 Å². The molecule has 1 aliphatic rings. The summed E-state index contributed by atoms with van der Waals surface area (Å²) in [6.45, 7) is 5.37. The van der Waals surface area contributed by atoms with E-state index in [4.69, 9.17) is 9.47 Å². The second-order valence-electron chi connectivity index (χ2n) is 7.37. The van der Waals surface area contributed by atoms with Gasteiger partial charge in [-0.3, -0.25) is 0 Å². The molecule has 1 N–H and O–H groups in total. The molecule has 1 amide bonds. The minimum absolute atomic E-state index is 0.0350. The Balaban J connectivity index is 2.04. The summed E-state index contributed by atoms with van der Waals surface area (Å²) in [5, 5.41) is 2.67. The van der Waals surface area contributed by atoms with Crippen molar-refractivity contribution in [1.29, 1.82) is 0 Å². The van der Waals surface area contributed by atoms with Gasteiger partial charge in [0.15, 0.2) is 0 Å². The van der Waals surface area contributed by atoms with Gasteiger partial charge in [-0.25, -0.2) is 9.59 Å². The van der Waals surface area contributed by atoms with E-state index in [1.54, 1.807) is 20.8 Å². The summed E-state index contributed by atoms with van der Waals surface area (Å²) < 4.78 is 12.0. The molecule has 1 fully saturated rings. The molecule has 138 valence electrons. The largest absolute Gasteiger partial charge is 0.461 e. The Hall–Kier alpha value is -1.31. The number of nitrogens with one attached hydrogen (secondary N) is 1. The monoisotopic (exact) mass is 459 g/mol. The van der Waals surface area contributed by atoms with Crippen molar-refractivity contribution in [1.82, 2.24) is 5.32 Å². The van der Waals surface area contributed by atoms with Crippen molar-refractivity contribution in [3.05, 3.63) is 33.4 Å². The number of rotatable bonds is 5. The highest BCUT2D eigenvalue weighted by Gasteiger charge is 2.28. The SMILES string of the molecule is CC(C)(C)OC(=O)NC(Cc1ccc(I)cc1)C(=O)OC1CCCC1. The van der Waals surface area contributed by atoms with Gasteiger partial charge in [-0.1, -0.05) is 12.1 Å². The summed E-state index contributed by atoms with van der Waals surface area (Å²) in [4.78, 5) is 24.7. The number of hydrogen-bond donors (Lipinski definition) is 1. The lowest BCUT2D eigenvalue weighted by molar-refractivity contribution is -0.151. The van der Waals surface area contributed by atoms with E-state index >= 15 is 0 Å². The molecule has 1 aromatic carbocycles. The lowest BCUT2D eigenvalue weighted by atomic mass is 10.1. The zero-order valence-electron chi connectivity index (χ0n) is 15.0. The molecular weight excluding hydrogens is 433 g/mol. The van der Waals surface area contributed by atoms with E-state index in [1.165, 1.54) is 0 Å². The van der Waals surface area contributed by atoms with Crippen LogP contribution in [0.5, 0.6) is 0 Å². The second-order valence-corrected chi connectivity index (χ2v) is 8.62. The van der Waals surface area contributed by atoms with Gasteiger partial charge in [-0.2, -0.15) is 0 Å². The Morgan fingerprint density at radius 3 is 2.36 bits per heavy atom. The smallest absolute Gasteiger partial charge is 0.408 e. The van der Waals surface area contributed by atoms with Crippen molar-refractivity contribution in [2.75, 3.05) is 0 Å². The molecule has 0 aromatic heterocycles. The van der Waals surface area contributed by atoms with E-state index in [0.717, 1.165) is 34.8 Å². The van der Waals surface area contributed by atoms with Crippen LogP contribution >= 0.6 is 22.6 Å². The van der Waals surface area contributed by atoms with Gasteiger partial charge < -0.3 is 14.8 Å². The third-order valence-electron chi connectivity index (χ3n) is 3.91. The Morgan fingerprint density at radius 1 is 1.20 bits per heavy atom. The van der Waals surface area contributed by atoms with Crippen LogP contribution in [0.25, 0.3) is 0 Å². The van der Waals surface area contributed by atoms with Gasteiger partial charge in [-0.05, 0) is 86.7 Å². The average molecular weight is 459 g/mol. The van der Waals surface area contributed by atoms with Gasteiger partial charge in [0.1, 0.15) is 17.7 Å². The first-order chi connectivity index (χ1) is 11.7. The molecule has 2 rings (SSSR count). The maximum absolute atomic E-state index is 12.6. The fraction of sp³-hybridized carbons (Fsp3) is 0.579. The first-order valence-electron chi connectivity index (χ1n) is 8.67. The van der Waals surface area contributed by atoms with Crippen LogP contribution in [0.3, 0.4) is 0 Å². The highest BCUT2D eigenvalue weighted by atomic mass is 127. The molecule has 0 spiro atoms. The van der Waals surface area contributed by atoms with Gasteiger partial charge in [-0.15, -0.1) is 0 Å². The molecular formula is C19H26INO4. The molecule has 5 nitrogen and oxygen atoms in total. The minimum Gasteiger partial charge on any atom is -0.461 e. The normalized spacial score (nSPS) is 16.3. The Labute approximate surface area is 163 Å². The maximum atomic E-state index is 12.6. The highest BCUT2D eigenvalue weighted by Crippen LogP contribution is 2.22. The molecule has 25 heavy (non-hydrogen) atoms. The standard InChI is InChI=1S/C19H26INO4/c1-19(2,3)25-18(23)21-16(12-13-8-10-14(20)11-9-13)17(22)24-15-6-4-5-7-15/h8-11,15-16H,4-7,12H2,1-3H3,(H,21,23). The first kappa shape index (κ1) is 20.0. The van der Waals surface area contributed by atoms with Crippen LogP contribution in [0.1, 0.15) is 52.0 Å². The molecule has 1 aromatic rings. The second kappa shape index (κ2) is 8.87. The lowest BCUT2D eigenvalue weighted by Gasteiger charge is -2.24. The molecule has 1 saturated carbocycles. The number of carbonyl (C=O) groups is 2. The summed E-state index contributed by atoms with van der Waals surface area (Å²) in [7, 11) is 0. The van der Waals surface area contributed by atoms with Crippen molar-refractivity contribution in [3.63, 3.8) is 0 Å². The van der Waals surface area contributed by atoms with Gasteiger partial charge in [0.25, 0.3) is 0 Å². The van der Waals surface area contributed by atoms with Gasteiger partial charge in [0.2, 0.25) is 0 Å². The van der Waals surface area contributed by atoms with Crippen molar-refractivity contribution in [3.8, 4) is 0 Å². The molecule has 1 aliphatic carbocycles. The zero-order valence-corrected chi connectivity index (χ0v) is 17.2. The van der Waals surface area contributed by atoms with Crippen LogP contribution in [-0.4, -0.2) is 29.8 Å². The number of ether oxygens (including phenoxy) is 2. The highest BCUT2D eigenvalue weighted by molar-refractivity contribution is 14.1. The lowest BCUT2D eigenvalue weighted by Crippen LogP contribution is -2.46. The Morgan fingerprint density at radius 2 is 1.80 bits per heavy atom. The van der Waals surface area contributed by atoms with Crippen molar-refractivity contribution >= 4 is 34.7 Å². The molecule has 6 heteroatoms. The average Bonchev–Trinajstić information content (AvgIpc) is 2.99. The summed E-state index contributed by atoms with van der Waals surface area (Å²) in [6.07, 6.45) is 3.70. The third-order valence-corrected chi connectivity index (χ3v) is 4.63. The van der Waals surface area contributed by atoms with Gasteiger partial charge in [0.05, 0.1) is 0 Å². The molecule has 0 aliphatic heterocycles. The van der Waals surface area contributed by atoms with Crippen LogP contribution in [0.4, 0.5) is 4.79 Å². The molecule has 0 heterocycles. The van der Waals surface area contributed by atoms with Crippen LogP contribution in [0.15, 0.2) is 24.3 Å². The van der Waals surface area contributed by atoms with E-state index in [-0.39, 0.29) is 6.10 Å². The number of benzene rings is 1. The topological polar surface area (TPSA) is 64.6 Å². The van der Waals surface area contributed by atoms with Crippen LogP contribution in [0, 0.1) is 3.57 Å². The minimum atomic E-state index is -0.754. The van der Waals surface area contributed by atoms with Crippen LogP contribution in [0.2, 0.25) is 0 Å². The third kappa shape index (κ3) is 7.22. The van der Waals surface area contributed by atoms with E-state index in [0.29, 0.717) is 6.42 Å². The van der Waals surface area contributed by atoms with E-state index < -0.39 is 23.7 Å². The van der Waals surface area contributed by atoms with Gasteiger partial charge in [0, 0.05) is 9.99 Å². The van der Waals surface area contributed by atoms with Crippen molar-refractivity contribution in [2.45, 2.75) is 70.6 Å². The van der Waals surface area contributed by atoms with Crippen LogP contribution in [-0.2, 0) is 20.7 Å². The van der Waals surface area contributed by atoms with Gasteiger partial charge >= 0.3 is 12.1 Å². The fourth-order valence-corrected chi connectivity index (χ4v) is 3.11. The number of alkyl carbamates (subject to hydrolysis) is 1.